The van der Waals surface area contributed by atoms with Crippen molar-refractivity contribution in [1.29, 1.82) is 0 Å². The number of rotatable bonds is 6. The molecule has 6 nitrogen and oxygen atoms in total. The summed E-state index contributed by atoms with van der Waals surface area (Å²) < 4.78 is 15.9. The van der Waals surface area contributed by atoms with Crippen LogP contribution in [0.2, 0.25) is 0 Å². The molecule has 0 bridgehead atoms. The Morgan fingerprint density at radius 2 is 2.12 bits per heavy atom. The van der Waals surface area contributed by atoms with Crippen LogP contribution in [0.3, 0.4) is 0 Å². The predicted octanol–water partition coefficient (Wildman–Crippen LogP) is 4.13. The Kier molecular flexibility index (Phi) is 5.61. The highest BCUT2D eigenvalue weighted by Crippen LogP contribution is 2.23. The van der Waals surface area contributed by atoms with Crippen molar-refractivity contribution in [1.82, 2.24) is 4.90 Å². The van der Waals surface area contributed by atoms with Crippen molar-refractivity contribution in [3.63, 3.8) is 0 Å². The molecule has 0 spiro atoms. The SMILES string of the molecule is Cc1cc(C(=O)OCC(=O)N(Cc2ccco2)C2=CCCCC2)c(C)o1. The zero-order valence-corrected chi connectivity index (χ0v) is 15.1. The molecule has 0 N–H and O–H groups in total. The van der Waals surface area contributed by atoms with Crippen LogP contribution in [0.15, 0.2) is 45.1 Å². The van der Waals surface area contributed by atoms with Gasteiger partial charge in [-0.15, -0.1) is 0 Å². The van der Waals surface area contributed by atoms with Crippen LogP contribution in [-0.2, 0) is 16.1 Å². The number of amides is 1. The molecule has 1 aliphatic rings. The van der Waals surface area contributed by atoms with Gasteiger partial charge in [-0.25, -0.2) is 4.79 Å². The molecule has 138 valence electrons. The summed E-state index contributed by atoms with van der Waals surface area (Å²) in [5.74, 6) is 0.997. The lowest BCUT2D eigenvalue weighted by atomic mass is 10.0. The van der Waals surface area contributed by atoms with E-state index in [2.05, 4.69) is 6.08 Å². The molecule has 0 saturated carbocycles. The quantitative estimate of drug-likeness (QED) is 0.727. The molecule has 2 aromatic heterocycles. The van der Waals surface area contributed by atoms with E-state index in [9.17, 15) is 9.59 Å². The molecular formula is C20H23NO5. The first-order valence-corrected chi connectivity index (χ1v) is 8.80. The van der Waals surface area contributed by atoms with E-state index in [1.807, 2.05) is 6.07 Å². The fourth-order valence-electron chi connectivity index (χ4n) is 3.09. The van der Waals surface area contributed by atoms with Gasteiger partial charge in [-0.2, -0.15) is 0 Å². The summed E-state index contributed by atoms with van der Waals surface area (Å²) in [4.78, 5) is 26.6. The Morgan fingerprint density at radius 3 is 2.73 bits per heavy atom. The number of aryl methyl sites for hydroxylation is 2. The zero-order chi connectivity index (χ0) is 18.5. The summed E-state index contributed by atoms with van der Waals surface area (Å²) in [6.45, 7) is 3.47. The average Bonchev–Trinajstić information content (AvgIpc) is 3.27. The van der Waals surface area contributed by atoms with E-state index in [0.717, 1.165) is 31.4 Å². The molecule has 0 radical (unpaired) electrons. The van der Waals surface area contributed by atoms with E-state index in [1.54, 1.807) is 37.1 Å². The van der Waals surface area contributed by atoms with Gasteiger partial charge in [0.2, 0.25) is 0 Å². The topological polar surface area (TPSA) is 72.9 Å². The van der Waals surface area contributed by atoms with E-state index < -0.39 is 5.97 Å². The van der Waals surface area contributed by atoms with Gasteiger partial charge in [0.05, 0.1) is 12.8 Å². The van der Waals surface area contributed by atoms with Crippen LogP contribution in [0.25, 0.3) is 0 Å². The van der Waals surface area contributed by atoms with Crippen LogP contribution in [0.1, 0.15) is 53.3 Å². The van der Waals surface area contributed by atoms with Gasteiger partial charge in [0, 0.05) is 5.70 Å². The third kappa shape index (κ3) is 4.25. The second kappa shape index (κ2) is 8.08. The number of hydrogen-bond donors (Lipinski definition) is 0. The maximum atomic E-state index is 12.7. The van der Waals surface area contributed by atoms with E-state index in [0.29, 0.717) is 29.4 Å². The average molecular weight is 357 g/mol. The first kappa shape index (κ1) is 18.0. The highest BCUT2D eigenvalue weighted by Gasteiger charge is 2.23. The standard InChI is InChI=1S/C20H23NO5/c1-14-11-18(15(2)26-14)20(23)25-13-19(22)21(12-17-9-6-10-24-17)16-7-4-3-5-8-16/h6-7,9-11H,3-5,8,12-13H2,1-2H3. The molecule has 1 aliphatic carbocycles. The Bertz CT molecular complexity index is 800. The number of nitrogens with zero attached hydrogens (tertiary/aromatic N) is 1. The summed E-state index contributed by atoms with van der Waals surface area (Å²) in [6, 6.07) is 5.23. The molecular weight excluding hydrogens is 334 g/mol. The minimum absolute atomic E-state index is 0.263. The Morgan fingerprint density at radius 1 is 1.27 bits per heavy atom. The number of esters is 1. The van der Waals surface area contributed by atoms with E-state index in [4.69, 9.17) is 13.6 Å². The van der Waals surface area contributed by atoms with Crippen molar-refractivity contribution in [2.24, 2.45) is 0 Å². The predicted molar refractivity (Wildman–Crippen MR) is 94.3 cm³/mol. The molecule has 0 saturated heterocycles. The van der Waals surface area contributed by atoms with Crippen molar-refractivity contribution >= 4 is 11.9 Å². The third-order valence-corrected chi connectivity index (χ3v) is 4.40. The molecule has 3 rings (SSSR count). The number of carbonyl (C=O) groups is 2. The zero-order valence-electron chi connectivity index (χ0n) is 15.1. The van der Waals surface area contributed by atoms with E-state index >= 15 is 0 Å². The highest BCUT2D eigenvalue weighted by molar-refractivity contribution is 5.92. The van der Waals surface area contributed by atoms with Crippen molar-refractivity contribution in [2.75, 3.05) is 6.61 Å². The smallest absolute Gasteiger partial charge is 0.342 e. The van der Waals surface area contributed by atoms with Crippen LogP contribution in [0.5, 0.6) is 0 Å². The van der Waals surface area contributed by atoms with Gasteiger partial charge in [-0.3, -0.25) is 4.79 Å². The number of allylic oxidation sites excluding steroid dienone is 2. The Labute approximate surface area is 152 Å². The second-order valence-electron chi connectivity index (χ2n) is 6.40. The lowest BCUT2D eigenvalue weighted by Gasteiger charge is -2.26. The molecule has 0 unspecified atom stereocenters. The van der Waals surface area contributed by atoms with Gasteiger partial charge in [-0.1, -0.05) is 6.08 Å². The van der Waals surface area contributed by atoms with Gasteiger partial charge >= 0.3 is 5.97 Å². The molecule has 26 heavy (non-hydrogen) atoms. The minimum Gasteiger partial charge on any atom is -0.467 e. The summed E-state index contributed by atoms with van der Waals surface area (Å²) in [6.07, 6.45) is 7.61. The summed E-state index contributed by atoms with van der Waals surface area (Å²) >= 11 is 0. The molecule has 1 amide bonds. The van der Waals surface area contributed by atoms with Gasteiger partial charge in [-0.05, 0) is 57.7 Å². The summed E-state index contributed by atoms with van der Waals surface area (Å²) in [7, 11) is 0. The first-order valence-electron chi connectivity index (χ1n) is 8.80. The van der Waals surface area contributed by atoms with Crippen LogP contribution in [0.4, 0.5) is 0 Å². The maximum absolute atomic E-state index is 12.7. The monoisotopic (exact) mass is 357 g/mol. The van der Waals surface area contributed by atoms with Gasteiger partial charge in [0.15, 0.2) is 6.61 Å². The fraction of sp³-hybridized carbons (Fsp3) is 0.400. The highest BCUT2D eigenvalue weighted by atomic mass is 16.5. The molecule has 0 aromatic carbocycles. The third-order valence-electron chi connectivity index (χ3n) is 4.40. The molecule has 6 heteroatoms. The van der Waals surface area contributed by atoms with Gasteiger partial charge in [0.1, 0.15) is 22.8 Å². The molecule has 2 heterocycles. The van der Waals surface area contributed by atoms with Crippen LogP contribution >= 0.6 is 0 Å². The van der Waals surface area contributed by atoms with Gasteiger partial charge < -0.3 is 18.5 Å². The molecule has 2 aromatic rings. The Balaban J connectivity index is 1.67. The largest absolute Gasteiger partial charge is 0.467 e. The number of carbonyl (C=O) groups excluding carboxylic acids is 2. The molecule has 0 fully saturated rings. The number of furan rings is 2. The van der Waals surface area contributed by atoms with Crippen molar-refractivity contribution in [3.05, 3.63) is 59.1 Å². The molecule has 0 aliphatic heterocycles. The normalized spacial score (nSPS) is 14.0. The van der Waals surface area contributed by atoms with Crippen LogP contribution in [-0.4, -0.2) is 23.4 Å². The van der Waals surface area contributed by atoms with Crippen molar-refractivity contribution in [2.45, 2.75) is 46.1 Å². The summed E-state index contributed by atoms with van der Waals surface area (Å²) in [5, 5.41) is 0. The van der Waals surface area contributed by atoms with Crippen molar-refractivity contribution in [3.8, 4) is 0 Å². The maximum Gasteiger partial charge on any atom is 0.342 e. The van der Waals surface area contributed by atoms with Gasteiger partial charge in [0.25, 0.3) is 5.91 Å². The second-order valence-corrected chi connectivity index (χ2v) is 6.40. The van der Waals surface area contributed by atoms with E-state index in [1.165, 1.54) is 0 Å². The lowest BCUT2D eigenvalue weighted by Crippen LogP contribution is -2.34. The van der Waals surface area contributed by atoms with E-state index in [-0.39, 0.29) is 12.5 Å². The van der Waals surface area contributed by atoms with Crippen molar-refractivity contribution < 1.29 is 23.2 Å². The Hall–Kier alpha value is -2.76. The lowest BCUT2D eigenvalue weighted by molar-refractivity contribution is -0.133. The number of ether oxygens (including phenoxy) is 1. The van der Waals surface area contributed by atoms with Crippen LogP contribution < -0.4 is 0 Å². The first-order chi connectivity index (χ1) is 12.5. The molecule has 0 atom stereocenters. The summed E-state index contributed by atoms with van der Waals surface area (Å²) in [5.41, 5.74) is 1.31. The minimum atomic E-state index is -0.553. The number of hydrogen-bond acceptors (Lipinski definition) is 5. The fourth-order valence-corrected chi connectivity index (χ4v) is 3.09. The van der Waals surface area contributed by atoms with Crippen LogP contribution in [0, 0.1) is 13.8 Å².